The van der Waals surface area contributed by atoms with Crippen molar-refractivity contribution >= 4 is 54.1 Å². The Morgan fingerprint density at radius 2 is 0.833 bits per heavy atom. The lowest BCUT2D eigenvalue weighted by atomic mass is 9.95. The van der Waals surface area contributed by atoms with Crippen LogP contribution in [-0.4, -0.2) is 23.4 Å². The summed E-state index contributed by atoms with van der Waals surface area (Å²) in [6.45, 7) is 0. The van der Waals surface area contributed by atoms with Gasteiger partial charge in [-0.15, -0.1) is 0 Å². The summed E-state index contributed by atoms with van der Waals surface area (Å²) in [6, 6.07) is 22.0. The van der Waals surface area contributed by atoms with E-state index in [1.807, 2.05) is 0 Å². The summed E-state index contributed by atoms with van der Waals surface area (Å²) in [5, 5.41) is 9.92. The average Bonchev–Trinajstić information content (AvgIpc) is 3.29. The number of rotatable bonds is 2. The molecule has 0 spiro atoms. The molecule has 4 heteroatoms. The van der Waals surface area contributed by atoms with Crippen molar-refractivity contribution in [2.45, 2.75) is 0 Å². The molecule has 4 aromatic carbocycles. The van der Waals surface area contributed by atoms with Gasteiger partial charge in [0.25, 0.3) is 0 Å². The molecule has 0 unspecified atom stereocenters. The smallest absolute Gasteiger partial charge is 0.193 e. The molecule has 0 saturated heterocycles. The van der Waals surface area contributed by atoms with Gasteiger partial charge in [0.15, 0.2) is 11.8 Å². The van der Waals surface area contributed by atoms with E-state index in [1.54, 1.807) is 14.2 Å². The van der Waals surface area contributed by atoms with Gasteiger partial charge in [-0.05, 0) is 21.5 Å². The molecule has 0 atom stereocenters. The minimum Gasteiger partial charge on any atom is -0.482 e. The normalized spacial score (nSPS) is 12.0. The molecule has 6 aromatic rings. The predicted octanol–water partition coefficient (Wildman–Crippen LogP) is 6.15. The maximum atomic E-state index is 5.54. The van der Waals surface area contributed by atoms with E-state index in [0.29, 0.717) is 0 Å². The van der Waals surface area contributed by atoms with E-state index in [-0.39, 0.29) is 0 Å². The maximum Gasteiger partial charge on any atom is 0.193 e. The highest BCUT2D eigenvalue weighted by molar-refractivity contribution is 6.24. The van der Waals surface area contributed by atoms with Crippen LogP contribution < -0.4 is 9.47 Å². The fourth-order valence-corrected chi connectivity index (χ4v) is 5.09. The SMILES string of the molecule is COc1cc2ccc3c4ccc5c(ccc6cc(OC)n(C)c65)c4ccc3c2n1C. The molecular formula is C26H22N2O2. The first kappa shape index (κ1) is 17.2. The van der Waals surface area contributed by atoms with Crippen LogP contribution in [0.25, 0.3) is 54.1 Å². The van der Waals surface area contributed by atoms with Crippen molar-refractivity contribution in [3.8, 4) is 11.8 Å². The summed E-state index contributed by atoms with van der Waals surface area (Å²) in [6.07, 6.45) is 0. The molecule has 30 heavy (non-hydrogen) atoms. The number of ether oxygens (including phenoxy) is 2. The van der Waals surface area contributed by atoms with Crippen molar-refractivity contribution < 1.29 is 9.47 Å². The van der Waals surface area contributed by atoms with Gasteiger partial charge >= 0.3 is 0 Å². The van der Waals surface area contributed by atoms with Crippen LogP contribution in [0.5, 0.6) is 11.8 Å². The minimum absolute atomic E-state index is 0.871. The quantitative estimate of drug-likeness (QED) is 0.330. The molecule has 0 fully saturated rings. The molecule has 2 aromatic heterocycles. The Morgan fingerprint density at radius 1 is 0.500 bits per heavy atom. The zero-order chi connectivity index (χ0) is 20.6. The second kappa shape index (κ2) is 5.92. The summed E-state index contributed by atoms with van der Waals surface area (Å²) in [5.41, 5.74) is 2.41. The highest BCUT2D eigenvalue weighted by Gasteiger charge is 2.14. The Hall–Kier alpha value is -3.66. The maximum absolute atomic E-state index is 5.54. The van der Waals surface area contributed by atoms with Gasteiger partial charge in [0.05, 0.1) is 25.3 Å². The molecule has 0 aliphatic rings. The first-order chi connectivity index (χ1) is 14.6. The highest BCUT2D eigenvalue weighted by atomic mass is 16.5. The van der Waals surface area contributed by atoms with Crippen molar-refractivity contribution in [1.29, 1.82) is 0 Å². The van der Waals surface area contributed by atoms with Gasteiger partial charge in [0.2, 0.25) is 0 Å². The summed E-state index contributed by atoms with van der Waals surface area (Å²) in [4.78, 5) is 0. The van der Waals surface area contributed by atoms with Gasteiger partial charge in [-0.1, -0.05) is 48.5 Å². The number of hydrogen-bond donors (Lipinski definition) is 0. The Bertz CT molecular complexity index is 1510. The number of methoxy groups -OCH3 is 2. The summed E-state index contributed by atoms with van der Waals surface area (Å²) < 4.78 is 15.3. The van der Waals surface area contributed by atoms with Crippen LogP contribution >= 0.6 is 0 Å². The Balaban J connectivity index is 1.75. The van der Waals surface area contributed by atoms with Crippen molar-refractivity contribution in [2.24, 2.45) is 14.1 Å². The molecular weight excluding hydrogens is 372 g/mol. The van der Waals surface area contributed by atoms with Gasteiger partial charge in [-0.25, -0.2) is 0 Å². The topological polar surface area (TPSA) is 28.3 Å². The third-order valence-corrected chi connectivity index (χ3v) is 6.51. The number of hydrogen-bond acceptors (Lipinski definition) is 2. The Kier molecular flexibility index (Phi) is 3.40. The lowest BCUT2D eigenvalue weighted by Gasteiger charge is -2.11. The van der Waals surface area contributed by atoms with Crippen LogP contribution in [0.4, 0.5) is 0 Å². The van der Waals surface area contributed by atoms with Crippen molar-refractivity contribution in [1.82, 2.24) is 9.13 Å². The number of aromatic nitrogens is 2. The van der Waals surface area contributed by atoms with Crippen LogP contribution in [0.3, 0.4) is 0 Å². The molecule has 0 amide bonds. The zero-order valence-corrected chi connectivity index (χ0v) is 17.5. The lowest BCUT2D eigenvalue weighted by molar-refractivity contribution is 0.384. The summed E-state index contributed by atoms with van der Waals surface area (Å²) >= 11 is 0. The molecule has 0 saturated carbocycles. The van der Waals surface area contributed by atoms with Gasteiger partial charge in [0.1, 0.15) is 0 Å². The number of aryl methyl sites for hydroxylation is 2. The van der Waals surface area contributed by atoms with E-state index < -0.39 is 0 Å². The van der Waals surface area contributed by atoms with Crippen LogP contribution in [0.15, 0.2) is 60.7 Å². The van der Waals surface area contributed by atoms with E-state index in [0.717, 1.165) is 11.8 Å². The molecule has 148 valence electrons. The van der Waals surface area contributed by atoms with E-state index in [1.165, 1.54) is 54.1 Å². The Labute approximate surface area is 173 Å². The van der Waals surface area contributed by atoms with Crippen molar-refractivity contribution in [2.75, 3.05) is 14.2 Å². The van der Waals surface area contributed by atoms with E-state index in [2.05, 4.69) is 83.9 Å². The molecule has 0 radical (unpaired) electrons. The first-order valence-electron chi connectivity index (χ1n) is 10.1. The van der Waals surface area contributed by atoms with E-state index in [4.69, 9.17) is 9.47 Å². The second-order valence-corrected chi connectivity index (χ2v) is 7.91. The molecule has 0 aliphatic heterocycles. The largest absolute Gasteiger partial charge is 0.482 e. The van der Waals surface area contributed by atoms with E-state index >= 15 is 0 Å². The minimum atomic E-state index is 0.871. The number of nitrogens with zero attached hydrogens (tertiary/aromatic N) is 2. The molecule has 0 aliphatic carbocycles. The second-order valence-electron chi connectivity index (χ2n) is 7.91. The van der Waals surface area contributed by atoms with E-state index in [9.17, 15) is 0 Å². The summed E-state index contributed by atoms with van der Waals surface area (Å²) in [5.74, 6) is 1.74. The van der Waals surface area contributed by atoms with Crippen LogP contribution in [-0.2, 0) is 14.1 Å². The van der Waals surface area contributed by atoms with Gasteiger partial charge < -0.3 is 18.6 Å². The fraction of sp³-hybridized carbons (Fsp3) is 0.154. The van der Waals surface area contributed by atoms with Crippen LogP contribution in [0.1, 0.15) is 0 Å². The average molecular weight is 394 g/mol. The predicted molar refractivity (Wildman–Crippen MR) is 125 cm³/mol. The monoisotopic (exact) mass is 394 g/mol. The first-order valence-corrected chi connectivity index (χ1v) is 10.1. The standard InChI is InChI=1S/C26H22N2O2/c1-27-23(29-3)13-15-5-7-19-17-10-12-22-20(18(17)9-11-21(19)25(15)27)8-6-16-14-24(30-4)28(2)26(16)22/h5-14H,1-4H3. The van der Waals surface area contributed by atoms with Gasteiger partial charge in [0, 0.05) is 47.8 Å². The summed E-state index contributed by atoms with van der Waals surface area (Å²) in [7, 11) is 7.56. The van der Waals surface area contributed by atoms with Crippen molar-refractivity contribution in [3.05, 3.63) is 60.7 Å². The zero-order valence-electron chi connectivity index (χ0n) is 17.5. The third kappa shape index (κ3) is 2.05. The molecule has 2 heterocycles. The van der Waals surface area contributed by atoms with Crippen LogP contribution in [0.2, 0.25) is 0 Å². The van der Waals surface area contributed by atoms with Crippen molar-refractivity contribution in [3.63, 3.8) is 0 Å². The fourth-order valence-electron chi connectivity index (χ4n) is 5.09. The number of fused-ring (bicyclic) bond motifs is 9. The van der Waals surface area contributed by atoms with Crippen LogP contribution in [0, 0.1) is 0 Å². The third-order valence-electron chi connectivity index (χ3n) is 6.51. The molecule has 0 N–H and O–H groups in total. The van der Waals surface area contributed by atoms with Gasteiger partial charge in [-0.2, -0.15) is 0 Å². The Morgan fingerprint density at radius 3 is 1.23 bits per heavy atom. The number of benzene rings is 4. The highest BCUT2D eigenvalue weighted by Crippen LogP contribution is 2.39. The molecule has 0 bridgehead atoms. The lowest BCUT2D eigenvalue weighted by Crippen LogP contribution is -1.94. The molecule has 6 rings (SSSR count). The van der Waals surface area contributed by atoms with Gasteiger partial charge in [-0.3, -0.25) is 0 Å². The molecule has 4 nitrogen and oxygen atoms in total.